The minimum absolute atomic E-state index is 0.0859. The van der Waals surface area contributed by atoms with Crippen molar-refractivity contribution in [2.75, 3.05) is 24.7 Å². The summed E-state index contributed by atoms with van der Waals surface area (Å²) in [5.74, 6) is -0.266. The van der Waals surface area contributed by atoms with Gasteiger partial charge in [0, 0.05) is 17.4 Å². The number of esters is 1. The lowest BCUT2D eigenvalue weighted by Gasteiger charge is -2.24. The van der Waals surface area contributed by atoms with E-state index in [9.17, 15) is 14.7 Å². The largest absolute Gasteiger partial charge is 0.458 e. The van der Waals surface area contributed by atoms with Crippen LogP contribution >= 0.6 is 11.8 Å². The summed E-state index contributed by atoms with van der Waals surface area (Å²) >= 11 is 1.23. The van der Waals surface area contributed by atoms with Gasteiger partial charge in [-0.1, -0.05) is 48.5 Å². The Morgan fingerprint density at radius 1 is 1.03 bits per heavy atom. The van der Waals surface area contributed by atoms with Crippen LogP contribution in [0, 0.1) is 0 Å². The van der Waals surface area contributed by atoms with Crippen molar-refractivity contribution < 1.29 is 29.3 Å². The first-order valence-electron chi connectivity index (χ1n) is 10.9. The van der Waals surface area contributed by atoms with Crippen molar-refractivity contribution >= 4 is 23.8 Å². The number of carbonyl (C=O) groups excluding carboxylic acids is 2. The van der Waals surface area contributed by atoms with Gasteiger partial charge in [0.05, 0.1) is 12.7 Å². The fraction of sp³-hybridized carbons (Fsp3) is 0.440. The Balaban J connectivity index is 1.64. The molecule has 1 amide bonds. The van der Waals surface area contributed by atoms with Crippen LogP contribution in [-0.2, 0) is 14.3 Å². The number of aliphatic hydroxyl groups excluding tert-OH is 2. The number of alkyl carbamates (subject to hydrolysis) is 1. The van der Waals surface area contributed by atoms with Crippen LogP contribution in [0.5, 0.6) is 0 Å². The van der Waals surface area contributed by atoms with Gasteiger partial charge in [-0.15, -0.1) is 0 Å². The minimum Gasteiger partial charge on any atom is -0.458 e. The maximum atomic E-state index is 12.6. The number of hydrogen-bond donors (Lipinski definition) is 3. The number of benzene rings is 2. The zero-order valence-electron chi connectivity index (χ0n) is 19.1. The van der Waals surface area contributed by atoms with Gasteiger partial charge in [0.2, 0.25) is 0 Å². The second-order valence-electron chi connectivity index (χ2n) is 8.93. The molecule has 0 saturated heterocycles. The molecule has 0 heterocycles. The molecule has 3 N–H and O–H groups in total. The van der Waals surface area contributed by atoms with E-state index < -0.39 is 29.8 Å². The van der Waals surface area contributed by atoms with Gasteiger partial charge in [0.1, 0.15) is 18.2 Å². The lowest BCUT2D eigenvalue weighted by Crippen LogP contribution is -2.46. The van der Waals surface area contributed by atoms with Crippen LogP contribution in [0.1, 0.15) is 37.8 Å². The quantitative estimate of drug-likeness (QED) is 0.480. The van der Waals surface area contributed by atoms with Crippen LogP contribution in [0.25, 0.3) is 11.1 Å². The van der Waals surface area contributed by atoms with Gasteiger partial charge in [-0.05, 0) is 43.0 Å². The van der Waals surface area contributed by atoms with Crippen molar-refractivity contribution in [1.29, 1.82) is 0 Å². The number of rotatable bonds is 9. The first kappa shape index (κ1) is 25.1. The first-order chi connectivity index (χ1) is 15.7. The van der Waals surface area contributed by atoms with Crippen molar-refractivity contribution in [2.45, 2.75) is 44.4 Å². The number of fused-ring (bicyclic) bond motifs is 3. The van der Waals surface area contributed by atoms with Crippen LogP contribution < -0.4 is 5.32 Å². The van der Waals surface area contributed by atoms with E-state index in [2.05, 4.69) is 17.4 Å². The van der Waals surface area contributed by atoms with Crippen LogP contribution in [0.3, 0.4) is 0 Å². The van der Waals surface area contributed by atoms with Gasteiger partial charge in [-0.2, -0.15) is 11.8 Å². The summed E-state index contributed by atoms with van der Waals surface area (Å²) in [6, 6.07) is 15.2. The number of ether oxygens (including phenoxy) is 2. The van der Waals surface area contributed by atoms with E-state index >= 15 is 0 Å². The van der Waals surface area contributed by atoms with Gasteiger partial charge in [-0.25, -0.2) is 9.59 Å². The third-order valence-electron chi connectivity index (χ3n) is 5.13. The second kappa shape index (κ2) is 11.0. The Hall–Kier alpha value is -2.55. The number of aliphatic hydroxyl groups is 2. The molecular formula is C25H31NO6S. The molecule has 1 aliphatic carbocycles. The summed E-state index contributed by atoms with van der Waals surface area (Å²) in [5.41, 5.74) is 3.75. The van der Waals surface area contributed by atoms with Gasteiger partial charge in [0.25, 0.3) is 0 Å². The fourth-order valence-electron chi connectivity index (χ4n) is 3.70. The zero-order chi connectivity index (χ0) is 24.0. The number of hydrogen-bond acceptors (Lipinski definition) is 7. The molecule has 178 valence electrons. The van der Waals surface area contributed by atoms with Crippen LogP contribution in [-0.4, -0.2) is 64.7 Å². The fourth-order valence-corrected chi connectivity index (χ4v) is 4.67. The minimum atomic E-state index is -0.948. The Kier molecular flexibility index (Phi) is 8.40. The maximum Gasteiger partial charge on any atom is 0.407 e. The molecule has 1 aliphatic rings. The molecule has 0 saturated carbocycles. The van der Waals surface area contributed by atoms with E-state index in [4.69, 9.17) is 14.6 Å². The molecule has 0 unspecified atom stereocenters. The average Bonchev–Trinajstić information content (AvgIpc) is 3.09. The molecular weight excluding hydrogens is 442 g/mol. The van der Waals surface area contributed by atoms with Crippen LogP contribution in [0.15, 0.2) is 48.5 Å². The second-order valence-corrected chi connectivity index (χ2v) is 10.0. The molecule has 2 aromatic carbocycles. The van der Waals surface area contributed by atoms with Gasteiger partial charge in [0.15, 0.2) is 0 Å². The predicted molar refractivity (Wildman–Crippen MR) is 128 cm³/mol. The van der Waals surface area contributed by atoms with Crippen molar-refractivity contribution in [2.24, 2.45) is 0 Å². The van der Waals surface area contributed by atoms with Gasteiger partial charge >= 0.3 is 12.1 Å². The molecule has 33 heavy (non-hydrogen) atoms. The molecule has 0 aromatic heterocycles. The lowest BCUT2D eigenvalue weighted by molar-refractivity contribution is -0.156. The summed E-state index contributed by atoms with van der Waals surface area (Å²) in [6.07, 6.45) is -1.61. The normalized spacial score (nSPS) is 14.7. The summed E-state index contributed by atoms with van der Waals surface area (Å²) in [7, 11) is 0. The van der Waals surface area contributed by atoms with Gasteiger partial charge < -0.3 is 25.0 Å². The Labute approximate surface area is 198 Å². The third-order valence-corrected chi connectivity index (χ3v) is 6.32. The highest BCUT2D eigenvalue weighted by atomic mass is 32.2. The van der Waals surface area contributed by atoms with Crippen molar-refractivity contribution in [3.63, 3.8) is 0 Å². The molecule has 0 aliphatic heterocycles. The lowest BCUT2D eigenvalue weighted by atomic mass is 9.98. The maximum absolute atomic E-state index is 12.6. The van der Waals surface area contributed by atoms with Crippen molar-refractivity contribution in [3.8, 4) is 11.1 Å². The van der Waals surface area contributed by atoms with E-state index in [0.717, 1.165) is 22.3 Å². The highest BCUT2D eigenvalue weighted by Gasteiger charge is 2.31. The van der Waals surface area contributed by atoms with Crippen molar-refractivity contribution in [3.05, 3.63) is 59.7 Å². The standard InChI is InChI=1S/C25H31NO6S/c1-25(2,3)32-23(29)22(15-33-14-16(28)12-27)26-24(30)31-13-21-19-10-6-4-8-17(19)18-9-5-7-11-20(18)21/h4-11,16,21-22,27-28H,12-15H2,1-3H3,(H,26,30)/t16-,22+/m1/s1. The van der Waals surface area contributed by atoms with E-state index in [1.54, 1.807) is 20.8 Å². The predicted octanol–water partition coefficient (Wildman–Crippen LogP) is 3.32. The number of thioether (sulfide) groups is 1. The molecule has 8 heteroatoms. The summed E-state index contributed by atoms with van der Waals surface area (Å²) < 4.78 is 11.0. The molecule has 3 rings (SSSR count). The van der Waals surface area contributed by atoms with Crippen LogP contribution in [0.4, 0.5) is 4.79 Å². The van der Waals surface area contributed by atoms with E-state index in [1.807, 2.05) is 36.4 Å². The van der Waals surface area contributed by atoms with E-state index in [1.165, 1.54) is 11.8 Å². The SMILES string of the molecule is CC(C)(C)OC(=O)[C@H](CSC[C@H](O)CO)NC(=O)OCC1c2ccccc2-c2ccccc21. The monoisotopic (exact) mass is 473 g/mol. The zero-order valence-corrected chi connectivity index (χ0v) is 19.9. The summed E-state index contributed by atoms with van der Waals surface area (Å²) in [6.45, 7) is 5.01. The Bertz CT molecular complexity index is 928. The summed E-state index contributed by atoms with van der Waals surface area (Å²) in [4.78, 5) is 25.2. The topological polar surface area (TPSA) is 105 Å². The molecule has 0 spiro atoms. The number of amides is 1. The Morgan fingerprint density at radius 3 is 2.15 bits per heavy atom. The average molecular weight is 474 g/mol. The van der Waals surface area contributed by atoms with E-state index in [0.29, 0.717) is 0 Å². The molecule has 0 fully saturated rings. The molecule has 2 aromatic rings. The number of nitrogens with one attached hydrogen (secondary N) is 1. The number of carbonyl (C=O) groups is 2. The van der Waals surface area contributed by atoms with E-state index in [-0.39, 0.29) is 30.6 Å². The molecule has 7 nitrogen and oxygen atoms in total. The van der Waals surface area contributed by atoms with Gasteiger partial charge in [-0.3, -0.25) is 0 Å². The molecule has 0 bridgehead atoms. The first-order valence-corrected chi connectivity index (χ1v) is 12.1. The van der Waals surface area contributed by atoms with Crippen LogP contribution in [0.2, 0.25) is 0 Å². The highest BCUT2D eigenvalue weighted by molar-refractivity contribution is 7.99. The smallest absolute Gasteiger partial charge is 0.407 e. The Morgan fingerprint density at radius 2 is 1.61 bits per heavy atom. The molecule has 2 atom stereocenters. The third kappa shape index (κ3) is 6.72. The highest BCUT2D eigenvalue weighted by Crippen LogP contribution is 2.44. The van der Waals surface area contributed by atoms with Crippen molar-refractivity contribution in [1.82, 2.24) is 5.32 Å². The molecule has 0 radical (unpaired) electrons. The summed E-state index contributed by atoms with van der Waals surface area (Å²) in [5, 5.41) is 21.1.